The van der Waals surface area contributed by atoms with Gasteiger partial charge in [0.15, 0.2) is 0 Å². The number of nitrogens with zero attached hydrogens (tertiary/aromatic N) is 1. The van der Waals surface area contributed by atoms with Crippen molar-refractivity contribution in [1.82, 2.24) is 4.98 Å². The first-order valence-electron chi connectivity index (χ1n) is 8.48. The number of rotatable bonds is 7. The molecule has 150 valence electrons. The van der Waals surface area contributed by atoms with Crippen LogP contribution < -0.4 is 19.5 Å². The number of hydrogen-bond acceptors (Lipinski definition) is 6. The van der Waals surface area contributed by atoms with E-state index in [1.165, 1.54) is 44.8 Å². The summed E-state index contributed by atoms with van der Waals surface area (Å²) in [5.74, 6) is 0.708. The van der Waals surface area contributed by atoms with Gasteiger partial charge in [-0.05, 0) is 42.5 Å². The van der Waals surface area contributed by atoms with Crippen LogP contribution in [0.5, 0.6) is 11.5 Å². The first-order chi connectivity index (χ1) is 13.9. The van der Waals surface area contributed by atoms with Gasteiger partial charge in [-0.15, -0.1) is 0 Å². The number of carbonyl (C=O) groups is 1. The largest absolute Gasteiger partial charge is 0.497 e. The average molecular weight is 413 g/mol. The zero-order chi connectivity index (χ0) is 20.9. The Morgan fingerprint density at radius 1 is 0.897 bits per heavy atom. The molecule has 0 saturated heterocycles. The standard InChI is InChI=1S/C20H19N3O5S/c1-27-17-6-8-19(9-7-17)29(25,26)23-16-10-14(12-21-13-16)20(24)22-15-4-3-5-18(11-15)28-2/h3-13,23H,1-2H3,(H,22,24). The number of methoxy groups -OCH3 is 2. The highest BCUT2D eigenvalue weighted by Gasteiger charge is 2.16. The SMILES string of the molecule is COc1ccc(S(=O)(=O)Nc2cncc(C(=O)Nc3cccc(OC)c3)c2)cc1. The van der Waals surface area contributed by atoms with Crippen LogP contribution in [-0.4, -0.2) is 33.5 Å². The summed E-state index contributed by atoms with van der Waals surface area (Å²) < 4.78 is 37.7. The van der Waals surface area contributed by atoms with E-state index in [-0.39, 0.29) is 16.1 Å². The number of benzene rings is 2. The number of carbonyl (C=O) groups excluding carboxylic acids is 1. The second-order valence-corrected chi connectivity index (χ2v) is 7.61. The number of hydrogen-bond donors (Lipinski definition) is 2. The molecule has 0 saturated carbocycles. The van der Waals surface area contributed by atoms with Crippen LogP contribution in [0.4, 0.5) is 11.4 Å². The molecule has 0 aliphatic heterocycles. The van der Waals surface area contributed by atoms with Crippen molar-refractivity contribution in [2.75, 3.05) is 24.3 Å². The van der Waals surface area contributed by atoms with Gasteiger partial charge in [-0.1, -0.05) is 6.07 Å². The first-order valence-corrected chi connectivity index (χ1v) is 9.97. The molecule has 2 N–H and O–H groups in total. The molecule has 0 fully saturated rings. The predicted octanol–water partition coefficient (Wildman–Crippen LogP) is 3.15. The van der Waals surface area contributed by atoms with Gasteiger partial charge in [-0.3, -0.25) is 14.5 Å². The normalized spacial score (nSPS) is 10.8. The molecule has 0 atom stereocenters. The molecule has 0 radical (unpaired) electrons. The lowest BCUT2D eigenvalue weighted by atomic mass is 10.2. The number of anilines is 2. The van der Waals surface area contributed by atoms with Crippen molar-refractivity contribution in [2.45, 2.75) is 4.90 Å². The van der Waals surface area contributed by atoms with Crippen LogP contribution >= 0.6 is 0 Å². The minimum absolute atomic E-state index is 0.0598. The van der Waals surface area contributed by atoms with Gasteiger partial charge in [0.25, 0.3) is 15.9 Å². The smallest absolute Gasteiger partial charge is 0.261 e. The second-order valence-electron chi connectivity index (χ2n) is 5.93. The summed E-state index contributed by atoms with van der Waals surface area (Å²) in [6, 6.07) is 14.2. The maximum atomic E-state index is 12.5. The van der Waals surface area contributed by atoms with Gasteiger partial charge < -0.3 is 14.8 Å². The van der Waals surface area contributed by atoms with Crippen LogP contribution in [0.2, 0.25) is 0 Å². The molecule has 9 heteroatoms. The molecule has 3 rings (SSSR count). The minimum Gasteiger partial charge on any atom is -0.497 e. The van der Waals surface area contributed by atoms with Crippen molar-refractivity contribution < 1.29 is 22.7 Å². The summed E-state index contributed by atoms with van der Waals surface area (Å²) in [5.41, 5.74) is 0.903. The highest BCUT2D eigenvalue weighted by atomic mass is 32.2. The van der Waals surface area contributed by atoms with E-state index in [0.29, 0.717) is 17.2 Å². The van der Waals surface area contributed by atoms with Crippen LogP contribution in [0.25, 0.3) is 0 Å². The van der Waals surface area contributed by atoms with Gasteiger partial charge in [-0.2, -0.15) is 0 Å². The summed E-state index contributed by atoms with van der Waals surface area (Å²) in [6.45, 7) is 0. The lowest BCUT2D eigenvalue weighted by Gasteiger charge is -2.10. The zero-order valence-electron chi connectivity index (χ0n) is 15.7. The predicted molar refractivity (Wildman–Crippen MR) is 109 cm³/mol. The Hall–Kier alpha value is -3.59. The molecule has 0 aliphatic carbocycles. The van der Waals surface area contributed by atoms with E-state index in [4.69, 9.17) is 9.47 Å². The molecule has 1 heterocycles. The maximum absolute atomic E-state index is 12.5. The van der Waals surface area contributed by atoms with Gasteiger partial charge in [0.05, 0.1) is 36.6 Å². The van der Waals surface area contributed by atoms with Crippen LogP contribution in [0.15, 0.2) is 71.9 Å². The lowest BCUT2D eigenvalue weighted by Crippen LogP contribution is -2.15. The number of pyridine rings is 1. The van der Waals surface area contributed by atoms with Crippen molar-refractivity contribution in [3.63, 3.8) is 0 Å². The molecular formula is C20H19N3O5S. The highest BCUT2D eigenvalue weighted by molar-refractivity contribution is 7.92. The van der Waals surface area contributed by atoms with Gasteiger partial charge >= 0.3 is 0 Å². The topological polar surface area (TPSA) is 107 Å². The van der Waals surface area contributed by atoms with Crippen molar-refractivity contribution in [1.29, 1.82) is 0 Å². The molecule has 1 aromatic heterocycles. The Balaban J connectivity index is 1.76. The monoisotopic (exact) mass is 413 g/mol. The van der Waals surface area contributed by atoms with Crippen molar-refractivity contribution in [2.24, 2.45) is 0 Å². The van der Waals surface area contributed by atoms with Crippen LogP contribution in [-0.2, 0) is 10.0 Å². The average Bonchev–Trinajstić information content (AvgIpc) is 2.73. The quantitative estimate of drug-likeness (QED) is 0.616. The van der Waals surface area contributed by atoms with Crippen LogP contribution in [0.3, 0.4) is 0 Å². The Morgan fingerprint density at radius 3 is 2.31 bits per heavy atom. The molecule has 0 aliphatic rings. The summed E-state index contributed by atoms with van der Waals surface area (Å²) >= 11 is 0. The molecule has 1 amide bonds. The van der Waals surface area contributed by atoms with Crippen LogP contribution in [0, 0.1) is 0 Å². The van der Waals surface area contributed by atoms with Crippen LogP contribution in [0.1, 0.15) is 10.4 Å². The summed E-state index contributed by atoms with van der Waals surface area (Å²) in [6.07, 6.45) is 2.67. The molecule has 0 bridgehead atoms. The Kier molecular flexibility index (Phi) is 5.99. The molecular weight excluding hydrogens is 394 g/mol. The van der Waals surface area contributed by atoms with Crippen molar-refractivity contribution in [3.8, 4) is 11.5 Å². The highest BCUT2D eigenvalue weighted by Crippen LogP contribution is 2.21. The van der Waals surface area contributed by atoms with Gasteiger partial charge in [0, 0.05) is 18.0 Å². The fourth-order valence-electron chi connectivity index (χ4n) is 2.49. The number of sulfonamides is 1. The van der Waals surface area contributed by atoms with Gasteiger partial charge in [-0.25, -0.2) is 8.42 Å². The Labute approximate surface area is 168 Å². The second kappa shape index (κ2) is 8.61. The minimum atomic E-state index is -3.84. The van der Waals surface area contributed by atoms with E-state index in [1.54, 1.807) is 36.4 Å². The zero-order valence-corrected chi connectivity index (χ0v) is 16.6. The molecule has 29 heavy (non-hydrogen) atoms. The molecule has 8 nitrogen and oxygen atoms in total. The molecule has 2 aromatic carbocycles. The molecule has 3 aromatic rings. The fraction of sp³-hybridized carbons (Fsp3) is 0.100. The number of aromatic nitrogens is 1. The van der Waals surface area contributed by atoms with E-state index >= 15 is 0 Å². The van der Waals surface area contributed by atoms with E-state index in [0.717, 1.165) is 0 Å². The van der Waals surface area contributed by atoms with Crippen molar-refractivity contribution >= 4 is 27.3 Å². The number of amides is 1. The molecule has 0 spiro atoms. The fourth-order valence-corrected chi connectivity index (χ4v) is 3.53. The third kappa shape index (κ3) is 5.02. The first kappa shape index (κ1) is 20.2. The Bertz CT molecular complexity index is 1110. The van der Waals surface area contributed by atoms with E-state index in [1.807, 2.05) is 0 Å². The molecule has 0 unspecified atom stereocenters. The van der Waals surface area contributed by atoms with E-state index in [9.17, 15) is 13.2 Å². The third-order valence-corrected chi connectivity index (χ3v) is 5.35. The summed E-state index contributed by atoms with van der Waals surface area (Å²) in [7, 11) is -0.816. The number of nitrogens with one attached hydrogen (secondary N) is 2. The number of ether oxygens (including phenoxy) is 2. The van der Waals surface area contributed by atoms with E-state index < -0.39 is 15.9 Å². The van der Waals surface area contributed by atoms with E-state index in [2.05, 4.69) is 15.0 Å². The Morgan fingerprint density at radius 2 is 1.62 bits per heavy atom. The summed E-state index contributed by atoms with van der Waals surface area (Å²) in [5, 5.41) is 2.72. The summed E-state index contributed by atoms with van der Waals surface area (Å²) in [4.78, 5) is 16.5. The van der Waals surface area contributed by atoms with Crippen molar-refractivity contribution in [3.05, 3.63) is 72.6 Å². The lowest BCUT2D eigenvalue weighted by molar-refractivity contribution is 0.102. The van der Waals surface area contributed by atoms with Gasteiger partial charge in [0.2, 0.25) is 0 Å². The third-order valence-electron chi connectivity index (χ3n) is 3.95. The van der Waals surface area contributed by atoms with Gasteiger partial charge in [0.1, 0.15) is 11.5 Å². The maximum Gasteiger partial charge on any atom is 0.261 e.